The summed E-state index contributed by atoms with van der Waals surface area (Å²) in [7, 11) is 2.02. The van der Waals surface area contributed by atoms with Crippen molar-refractivity contribution in [2.45, 2.75) is 20.4 Å². The standard InChI is InChI=1S/C15H17NO2/c1-11(17)13-4-6-15(7-5-13)16(3)10-14-8-9-18-12(14)2/h4-9H,10H2,1-3H3. The number of hydrogen-bond acceptors (Lipinski definition) is 3. The SMILES string of the molecule is CC(=O)c1ccc(N(C)Cc2ccoc2C)cc1. The molecule has 18 heavy (non-hydrogen) atoms. The molecule has 3 heteroatoms. The first kappa shape index (κ1) is 12.4. The molecule has 0 saturated heterocycles. The van der Waals surface area contributed by atoms with Crippen LogP contribution in [-0.4, -0.2) is 12.8 Å². The molecule has 1 aromatic carbocycles. The molecule has 3 nitrogen and oxygen atoms in total. The zero-order chi connectivity index (χ0) is 13.1. The van der Waals surface area contributed by atoms with Crippen molar-refractivity contribution in [3.8, 4) is 0 Å². The minimum atomic E-state index is 0.0925. The monoisotopic (exact) mass is 243 g/mol. The lowest BCUT2D eigenvalue weighted by Crippen LogP contribution is -2.16. The Morgan fingerprint density at radius 1 is 1.22 bits per heavy atom. The molecule has 1 heterocycles. The normalized spacial score (nSPS) is 10.4. The molecule has 0 aliphatic rings. The van der Waals surface area contributed by atoms with Gasteiger partial charge in [0.15, 0.2) is 5.78 Å². The Balaban J connectivity index is 2.12. The second-order valence-electron chi connectivity index (χ2n) is 4.46. The number of anilines is 1. The number of Topliss-reactive ketones (excluding diaryl/α,β-unsaturated/α-hetero) is 1. The molecule has 1 aromatic heterocycles. The minimum Gasteiger partial charge on any atom is -0.469 e. The number of nitrogens with zero attached hydrogens (tertiary/aromatic N) is 1. The number of furan rings is 1. The first-order valence-electron chi connectivity index (χ1n) is 5.93. The van der Waals surface area contributed by atoms with Crippen LogP contribution < -0.4 is 4.90 Å². The van der Waals surface area contributed by atoms with Gasteiger partial charge < -0.3 is 9.32 Å². The maximum atomic E-state index is 11.2. The molecule has 2 rings (SSSR count). The van der Waals surface area contributed by atoms with Gasteiger partial charge in [0.25, 0.3) is 0 Å². The molecular formula is C15H17NO2. The molecule has 0 bridgehead atoms. The van der Waals surface area contributed by atoms with Gasteiger partial charge in [0.1, 0.15) is 5.76 Å². The van der Waals surface area contributed by atoms with Crippen LogP contribution in [0.25, 0.3) is 0 Å². The van der Waals surface area contributed by atoms with Crippen molar-refractivity contribution in [1.29, 1.82) is 0 Å². The van der Waals surface area contributed by atoms with Gasteiger partial charge >= 0.3 is 0 Å². The van der Waals surface area contributed by atoms with Gasteiger partial charge in [-0.2, -0.15) is 0 Å². The molecule has 2 aromatic rings. The van der Waals surface area contributed by atoms with E-state index in [0.29, 0.717) is 0 Å². The van der Waals surface area contributed by atoms with E-state index in [4.69, 9.17) is 4.42 Å². The van der Waals surface area contributed by atoms with Crippen LogP contribution >= 0.6 is 0 Å². The second-order valence-corrected chi connectivity index (χ2v) is 4.46. The van der Waals surface area contributed by atoms with Crippen LogP contribution in [0.4, 0.5) is 5.69 Å². The average Bonchev–Trinajstić information content (AvgIpc) is 2.75. The lowest BCUT2D eigenvalue weighted by atomic mass is 10.1. The summed E-state index contributed by atoms with van der Waals surface area (Å²) < 4.78 is 5.28. The summed E-state index contributed by atoms with van der Waals surface area (Å²) >= 11 is 0. The summed E-state index contributed by atoms with van der Waals surface area (Å²) in [5.41, 5.74) is 3.00. The third kappa shape index (κ3) is 2.62. The van der Waals surface area contributed by atoms with Crippen LogP contribution in [0.1, 0.15) is 28.6 Å². The van der Waals surface area contributed by atoms with E-state index in [1.807, 2.05) is 44.3 Å². The summed E-state index contributed by atoms with van der Waals surface area (Å²) in [5.74, 6) is 1.04. The van der Waals surface area contributed by atoms with Gasteiger partial charge in [-0.15, -0.1) is 0 Å². The molecule has 0 N–H and O–H groups in total. The van der Waals surface area contributed by atoms with Crippen LogP contribution in [0.3, 0.4) is 0 Å². The number of carbonyl (C=O) groups is 1. The highest BCUT2D eigenvalue weighted by molar-refractivity contribution is 5.94. The predicted octanol–water partition coefficient (Wildman–Crippen LogP) is 3.43. The van der Waals surface area contributed by atoms with Gasteiger partial charge in [-0.05, 0) is 44.2 Å². The number of benzene rings is 1. The molecule has 0 aliphatic heterocycles. The summed E-state index contributed by atoms with van der Waals surface area (Å²) in [6.07, 6.45) is 1.71. The van der Waals surface area contributed by atoms with Crippen molar-refractivity contribution in [1.82, 2.24) is 0 Å². The molecule has 0 fully saturated rings. The fourth-order valence-electron chi connectivity index (χ4n) is 1.87. The van der Waals surface area contributed by atoms with Gasteiger partial charge in [-0.25, -0.2) is 0 Å². The van der Waals surface area contributed by atoms with Gasteiger partial charge in [0.2, 0.25) is 0 Å². The van der Waals surface area contributed by atoms with E-state index in [0.717, 1.165) is 23.6 Å². The van der Waals surface area contributed by atoms with E-state index in [-0.39, 0.29) is 5.78 Å². The quantitative estimate of drug-likeness (QED) is 0.771. The van der Waals surface area contributed by atoms with Gasteiger partial charge in [0, 0.05) is 30.4 Å². The number of rotatable bonds is 4. The summed E-state index contributed by atoms with van der Waals surface area (Å²) in [4.78, 5) is 13.3. The molecule has 0 unspecified atom stereocenters. The number of aryl methyl sites for hydroxylation is 1. The van der Waals surface area contributed by atoms with Crippen LogP contribution in [0.2, 0.25) is 0 Å². The smallest absolute Gasteiger partial charge is 0.159 e. The van der Waals surface area contributed by atoms with E-state index in [1.165, 1.54) is 5.56 Å². The summed E-state index contributed by atoms with van der Waals surface area (Å²) in [6.45, 7) is 4.33. The maximum Gasteiger partial charge on any atom is 0.159 e. The number of carbonyl (C=O) groups excluding carboxylic acids is 1. The van der Waals surface area contributed by atoms with E-state index in [2.05, 4.69) is 4.90 Å². The van der Waals surface area contributed by atoms with Gasteiger partial charge in [-0.3, -0.25) is 4.79 Å². The van der Waals surface area contributed by atoms with Crippen LogP contribution in [-0.2, 0) is 6.54 Å². The Morgan fingerprint density at radius 2 is 1.89 bits per heavy atom. The highest BCUT2D eigenvalue weighted by Gasteiger charge is 2.07. The van der Waals surface area contributed by atoms with Crippen molar-refractivity contribution in [3.63, 3.8) is 0 Å². The van der Waals surface area contributed by atoms with Crippen molar-refractivity contribution in [3.05, 3.63) is 53.5 Å². The Labute approximate surface area is 107 Å². The molecule has 0 amide bonds. The zero-order valence-corrected chi connectivity index (χ0v) is 10.9. The van der Waals surface area contributed by atoms with Crippen LogP contribution in [0.5, 0.6) is 0 Å². The highest BCUT2D eigenvalue weighted by Crippen LogP contribution is 2.18. The minimum absolute atomic E-state index is 0.0925. The number of hydrogen-bond donors (Lipinski definition) is 0. The van der Waals surface area contributed by atoms with Gasteiger partial charge in [-0.1, -0.05) is 0 Å². The summed E-state index contributed by atoms with van der Waals surface area (Å²) in [5, 5.41) is 0. The zero-order valence-electron chi connectivity index (χ0n) is 10.9. The number of ketones is 1. The Kier molecular flexibility index (Phi) is 3.51. The molecular weight excluding hydrogens is 226 g/mol. The first-order chi connectivity index (χ1) is 8.58. The molecule has 0 atom stereocenters. The van der Waals surface area contributed by atoms with Crippen molar-refractivity contribution in [2.24, 2.45) is 0 Å². The van der Waals surface area contributed by atoms with Crippen LogP contribution in [0, 0.1) is 6.92 Å². The van der Waals surface area contributed by atoms with Gasteiger partial charge in [0.05, 0.1) is 6.26 Å². The van der Waals surface area contributed by atoms with E-state index in [9.17, 15) is 4.79 Å². The maximum absolute atomic E-state index is 11.2. The molecule has 94 valence electrons. The van der Waals surface area contributed by atoms with Crippen molar-refractivity contribution >= 4 is 11.5 Å². The van der Waals surface area contributed by atoms with Crippen molar-refractivity contribution in [2.75, 3.05) is 11.9 Å². The fourth-order valence-corrected chi connectivity index (χ4v) is 1.87. The Morgan fingerprint density at radius 3 is 2.39 bits per heavy atom. The lowest BCUT2D eigenvalue weighted by Gasteiger charge is -2.19. The fraction of sp³-hybridized carbons (Fsp3) is 0.267. The highest BCUT2D eigenvalue weighted by atomic mass is 16.3. The van der Waals surface area contributed by atoms with Crippen molar-refractivity contribution < 1.29 is 9.21 Å². The average molecular weight is 243 g/mol. The van der Waals surface area contributed by atoms with E-state index in [1.54, 1.807) is 13.2 Å². The first-order valence-corrected chi connectivity index (χ1v) is 5.93. The van der Waals surface area contributed by atoms with E-state index < -0.39 is 0 Å². The summed E-state index contributed by atoms with van der Waals surface area (Å²) in [6, 6.07) is 9.63. The predicted molar refractivity (Wildman–Crippen MR) is 72.0 cm³/mol. The second kappa shape index (κ2) is 5.08. The van der Waals surface area contributed by atoms with Crippen LogP contribution in [0.15, 0.2) is 41.0 Å². The lowest BCUT2D eigenvalue weighted by molar-refractivity contribution is 0.101. The molecule has 0 spiro atoms. The molecule has 0 aliphatic carbocycles. The largest absolute Gasteiger partial charge is 0.469 e. The third-order valence-corrected chi connectivity index (χ3v) is 3.09. The third-order valence-electron chi connectivity index (χ3n) is 3.09. The molecule has 0 saturated carbocycles. The van der Waals surface area contributed by atoms with E-state index >= 15 is 0 Å². The Bertz CT molecular complexity index is 540. The Hall–Kier alpha value is -2.03. The topological polar surface area (TPSA) is 33.5 Å². The molecule has 0 radical (unpaired) electrons.